The average molecular weight is 244 g/mol. The maximum atomic E-state index is 0. The molecule has 0 spiro atoms. The van der Waals surface area contributed by atoms with Crippen molar-refractivity contribution in [2.24, 2.45) is 0 Å². The minimum Gasteiger partial charge on any atom is -2.00 e. The largest absolute Gasteiger partial charge is 3.00 e. The van der Waals surface area contributed by atoms with E-state index in [-0.39, 0.29) is 99.2 Å². The fraction of sp³-hybridized carbons (Fsp3) is 0. The van der Waals surface area contributed by atoms with E-state index in [0.717, 1.165) is 0 Å². The summed E-state index contributed by atoms with van der Waals surface area (Å²) in [5.74, 6) is 0. The minimum absolute atomic E-state index is 0. The van der Waals surface area contributed by atoms with Crippen LogP contribution in [-0.2, 0) is 21.9 Å². The van der Waals surface area contributed by atoms with E-state index in [1.165, 1.54) is 0 Å². The zero-order valence-corrected chi connectivity index (χ0v) is 10.5. The molecule has 0 aliphatic rings. The molecule has 0 heterocycles. The molecule has 0 aliphatic heterocycles. The smallest absolute Gasteiger partial charge is 2.00 e. The molecule has 0 aromatic heterocycles. The number of rotatable bonds is 0. The van der Waals surface area contributed by atoms with Crippen LogP contribution < -0.4 is 0 Å². The molecule has 0 bridgehead atoms. The predicted octanol–water partition coefficient (Wildman–Crippen LogP) is -1.62. The first-order valence-electron chi connectivity index (χ1n) is 0. The van der Waals surface area contributed by atoms with Crippen molar-refractivity contribution in [1.82, 2.24) is 0 Å². The first kappa shape index (κ1) is 117. The first-order chi connectivity index (χ1) is 0. The minimum atomic E-state index is 0. The van der Waals surface area contributed by atoms with Gasteiger partial charge in [-0.15, -0.1) is 0 Å². The molecular weight excluding hydrogens is 244 g/mol. The molecule has 0 radical (unpaired) electrons. The molecule has 0 atom stereocenters. The van der Waals surface area contributed by atoms with Gasteiger partial charge in [-0.05, 0) is 0 Å². The molecule has 0 saturated carbocycles. The molecular formula is CaGa2O4. The number of hydrogen-bond donors (Lipinski definition) is 0. The number of hydrogen-bond acceptors (Lipinski definition) is 0. The molecule has 0 rings (SSSR count). The molecule has 0 amide bonds. The Bertz CT molecular complexity index is 9.65. The van der Waals surface area contributed by atoms with E-state index in [1.54, 1.807) is 0 Å². The van der Waals surface area contributed by atoms with Gasteiger partial charge in [-0.1, -0.05) is 0 Å². The summed E-state index contributed by atoms with van der Waals surface area (Å²) < 4.78 is 0. The third kappa shape index (κ3) is 60.4. The van der Waals surface area contributed by atoms with Crippen molar-refractivity contribution in [3.05, 3.63) is 0 Å². The van der Waals surface area contributed by atoms with Gasteiger partial charge in [-0.2, -0.15) is 0 Å². The maximum Gasteiger partial charge on any atom is 3.00 e. The normalized spacial score (nSPS) is 0. The summed E-state index contributed by atoms with van der Waals surface area (Å²) in [5, 5.41) is 0. The molecule has 0 aromatic carbocycles. The monoisotopic (exact) mass is 242 g/mol. The molecule has 7 heteroatoms. The van der Waals surface area contributed by atoms with Crippen LogP contribution in [-0.4, -0.2) is 77.3 Å². The van der Waals surface area contributed by atoms with Gasteiger partial charge in [0.25, 0.3) is 0 Å². The summed E-state index contributed by atoms with van der Waals surface area (Å²) in [7, 11) is 0. The van der Waals surface area contributed by atoms with E-state index >= 15 is 0 Å². The zero-order chi connectivity index (χ0) is 0. The van der Waals surface area contributed by atoms with E-state index < -0.39 is 0 Å². The molecule has 7 heavy (non-hydrogen) atoms. The van der Waals surface area contributed by atoms with Crippen LogP contribution in [0.4, 0.5) is 0 Å². The van der Waals surface area contributed by atoms with E-state index in [1.807, 2.05) is 0 Å². The molecule has 32 valence electrons. The summed E-state index contributed by atoms with van der Waals surface area (Å²) in [5.41, 5.74) is 0. The van der Waals surface area contributed by atoms with Gasteiger partial charge in [0.15, 0.2) is 0 Å². The van der Waals surface area contributed by atoms with Gasteiger partial charge in [0.05, 0.1) is 0 Å². The van der Waals surface area contributed by atoms with Crippen LogP contribution in [0.25, 0.3) is 0 Å². The summed E-state index contributed by atoms with van der Waals surface area (Å²) in [6.45, 7) is 0. The van der Waals surface area contributed by atoms with Gasteiger partial charge in [-0.3, -0.25) is 0 Å². The second kappa shape index (κ2) is 80.8. The Balaban J connectivity index is 0. The van der Waals surface area contributed by atoms with Crippen LogP contribution in [0.15, 0.2) is 0 Å². The van der Waals surface area contributed by atoms with Gasteiger partial charge in [-0.25, -0.2) is 0 Å². The second-order valence-electron chi connectivity index (χ2n) is 0. The van der Waals surface area contributed by atoms with E-state index in [0.29, 0.717) is 0 Å². The molecule has 0 saturated heterocycles. The van der Waals surface area contributed by atoms with Crippen molar-refractivity contribution in [3.63, 3.8) is 0 Å². The van der Waals surface area contributed by atoms with Crippen molar-refractivity contribution >= 4 is 77.3 Å². The Morgan fingerprint density at radius 2 is 0.429 bits per heavy atom. The van der Waals surface area contributed by atoms with Crippen LogP contribution in [0.2, 0.25) is 0 Å². The van der Waals surface area contributed by atoms with Crippen LogP contribution in [0.5, 0.6) is 0 Å². The van der Waals surface area contributed by atoms with E-state index in [9.17, 15) is 0 Å². The summed E-state index contributed by atoms with van der Waals surface area (Å²) in [6, 6.07) is 0. The summed E-state index contributed by atoms with van der Waals surface area (Å²) in [6.07, 6.45) is 0. The van der Waals surface area contributed by atoms with Crippen LogP contribution in [0, 0.1) is 0 Å². The molecule has 0 N–H and O–H groups in total. The third-order valence-electron chi connectivity index (χ3n) is 0. The second-order valence-corrected chi connectivity index (χ2v) is 0. The molecule has 0 aliphatic carbocycles. The van der Waals surface area contributed by atoms with E-state index in [2.05, 4.69) is 0 Å². The fourth-order valence-electron chi connectivity index (χ4n) is 0. The molecule has 4 nitrogen and oxygen atoms in total. The van der Waals surface area contributed by atoms with Gasteiger partial charge < -0.3 is 21.9 Å². The van der Waals surface area contributed by atoms with Gasteiger partial charge in [0.2, 0.25) is 0 Å². The van der Waals surface area contributed by atoms with Gasteiger partial charge in [0, 0.05) is 0 Å². The molecule has 0 fully saturated rings. The summed E-state index contributed by atoms with van der Waals surface area (Å²) >= 11 is 0. The molecule has 0 unspecified atom stereocenters. The van der Waals surface area contributed by atoms with Crippen LogP contribution in [0.1, 0.15) is 0 Å². The third-order valence-corrected chi connectivity index (χ3v) is 0. The van der Waals surface area contributed by atoms with Crippen molar-refractivity contribution < 1.29 is 21.9 Å². The fourth-order valence-corrected chi connectivity index (χ4v) is 0. The Kier molecular flexibility index (Phi) is 1350. The van der Waals surface area contributed by atoms with Crippen LogP contribution >= 0.6 is 0 Å². The predicted molar refractivity (Wildman–Crippen MR) is 20.0 cm³/mol. The van der Waals surface area contributed by atoms with Crippen LogP contribution in [0.3, 0.4) is 0 Å². The Morgan fingerprint density at radius 3 is 0.429 bits per heavy atom. The standard InChI is InChI=1S/Ca.2Ga.4O/q+2;2*+3;4*-2. The van der Waals surface area contributed by atoms with Crippen molar-refractivity contribution in [2.45, 2.75) is 0 Å². The zero-order valence-electron chi connectivity index (χ0n) is 3.49. The quantitative estimate of drug-likeness (QED) is 0.455. The van der Waals surface area contributed by atoms with E-state index in [4.69, 9.17) is 0 Å². The van der Waals surface area contributed by atoms with Crippen molar-refractivity contribution in [2.75, 3.05) is 0 Å². The topological polar surface area (TPSA) is 114 Å². The Labute approximate surface area is 97.8 Å². The molecule has 0 aromatic rings. The van der Waals surface area contributed by atoms with Gasteiger partial charge >= 0.3 is 77.3 Å². The average Bonchev–Trinajstić information content (AvgIpc) is 0. The maximum absolute atomic E-state index is 0. The SMILES string of the molecule is [Ca+2].[Ga+3].[Ga+3].[O-2].[O-2].[O-2].[O-2]. The van der Waals surface area contributed by atoms with Gasteiger partial charge in [0.1, 0.15) is 0 Å². The van der Waals surface area contributed by atoms with Crippen molar-refractivity contribution in [1.29, 1.82) is 0 Å². The Morgan fingerprint density at radius 1 is 0.429 bits per heavy atom. The Hall–Kier alpha value is 2.37. The first-order valence-corrected chi connectivity index (χ1v) is 0. The summed E-state index contributed by atoms with van der Waals surface area (Å²) in [4.78, 5) is 0. The van der Waals surface area contributed by atoms with Crippen molar-refractivity contribution in [3.8, 4) is 0 Å².